The Kier molecular flexibility index (Phi) is 4.55. The average Bonchev–Trinajstić information content (AvgIpc) is 3.21. The van der Waals surface area contributed by atoms with E-state index in [9.17, 15) is 14.4 Å². The summed E-state index contributed by atoms with van der Waals surface area (Å²) in [7, 11) is 0. The Balaban J connectivity index is 1.71. The first-order valence-electron chi connectivity index (χ1n) is 8.47. The molecule has 2 aliphatic heterocycles. The van der Waals surface area contributed by atoms with E-state index in [-0.39, 0.29) is 36.0 Å². The summed E-state index contributed by atoms with van der Waals surface area (Å²) in [5, 5.41) is 0. The Hall–Kier alpha value is -2.37. The molecule has 0 bridgehead atoms. The van der Waals surface area contributed by atoms with Gasteiger partial charge in [0.05, 0.1) is 11.8 Å². The van der Waals surface area contributed by atoms with E-state index in [2.05, 4.69) is 6.92 Å². The number of aryl methyl sites for hydroxylation is 1. The molecule has 6 heteroatoms. The fourth-order valence-corrected chi connectivity index (χ4v) is 3.63. The summed E-state index contributed by atoms with van der Waals surface area (Å²) in [6, 6.07) is 7.81. The molecule has 3 rings (SSSR count). The van der Waals surface area contributed by atoms with Crippen LogP contribution in [0.15, 0.2) is 24.3 Å². The summed E-state index contributed by atoms with van der Waals surface area (Å²) in [5.41, 5.74) is 7.33. The number of primary amides is 1. The molecule has 1 aromatic carbocycles. The highest BCUT2D eigenvalue weighted by molar-refractivity contribution is 6.01. The average molecular weight is 329 g/mol. The molecule has 1 aromatic rings. The highest BCUT2D eigenvalue weighted by Gasteiger charge is 2.40. The maximum atomic E-state index is 12.7. The van der Waals surface area contributed by atoms with Crippen LogP contribution in [-0.4, -0.2) is 42.3 Å². The lowest BCUT2D eigenvalue weighted by atomic mass is 10.1. The molecule has 2 N–H and O–H groups in total. The molecule has 0 aromatic heterocycles. The second-order valence-electron chi connectivity index (χ2n) is 6.56. The Morgan fingerprint density at radius 3 is 2.62 bits per heavy atom. The Morgan fingerprint density at radius 1 is 1.21 bits per heavy atom. The minimum Gasteiger partial charge on any atom is -0.369 e. The molecule has 6 nitrogen and oxygen atoms in total. The van der Waals surface area contributed by atoms with Crippen LogP contribution in [0.25, 0.3) is 0 Å². The van der Waals surface area contributed by atoms with Crippen LogP contribution >= 0.6 is 0 Å². The number of nitrogens with two attached hydrogens (primary N) is 1. The standard InChI is InChI=1S/C18H23N3O3/c1-2-12-5-3-4-6-15(12)21-11-14(9-16(21)22)18(24)20-8-7-13(10-20)17(19)23/h3-6,13-14H,2,7-11H2,1H3,(H2,19,23)/t13-,14+/m1/s1. The fourth-order valence-electron chi connectivity index (χ4n) is 3.63. The van der Waals surface area contributed by atoms with Crippen molar-refractivity contribution >= 4 is 23.4 Å². The highest BCUT2D eigenvalue weighted by atomic mass is 16.2. The number of para-hydroxylation sites is 1. The summed E-state index contributed by atoms with van der Waals surface area (Å²) in [5.74, 6) is -1.01. The summed E-state index contributed by atoms with van der Waals surface area (Å²) >= 11 is 0. The first-order valence-corrected chi connectivity index (χ1v) is 8.47. The van der Waals surface area contributed by atoms with E-state index in [0.717, 1.165) is 17.7 Å². The third kappa shape index (κ3) is 3.00. The molecule has 24 heavy (non-hydrogen) atoms. The van der Waals surface area contributed by atoms with Crippen LogP contribution in [0.2, 0.25) is 0 Å². The van der Waals surface area contributed by atoms with Gasteiger partial charge in [-0.1, -0.05) is 25.1 Å². The van der Waals surface area contributed by atoms with E-state index >= 15 is 0 Å². The molecule has 2 heterocycles. The number of carbonyl (C=O) groups excluding carboxylic acids is 3. The van der Waals surface area contributed by atoms with Gasteiger partial charge in [0.25, 0.3) is 0 Å². The van der Waals surface area contributed by atoms with Gasteiger partial charge in [-0.25, -0.2) is 0 Å². The van der Waals surface area contributed by atoms with Crippen molar-refractivity contribution in [1.29, 1.82) is 0 Å². The summed E-state index contributed by atoms with van der Waals surface area (Å²) in [6.07, 6.45) is 1.68. The molecule has 128 valence electrons. The van der Waals surface area contributed by atoms with Gasteiger partial charge in [-0.3, -0.25) is 14.4 Å². The van der Waals surface area contributed by atoms with Crippen molar-refractivity contribution in [3.8, 4) is 0 Å². The van der Waals surface area contributed by atoms with Crippen molar-refractivity contribution in [2.24, 2.45) is 17.6 Å². The summed E-state index contributed by atoms with van der Waals surface area (Å²) < 4.78 is 0. The van der Waals surface area contributed by atoms with E-state index in [1.165, 1.54) is 0 Å². The zero-order chi connectivity index (χ0) is 17.3. The van der Waals surface area contributed by atoms with E-state index in [4.69, 9.17) is 5.73 Å². The van der Waals surface area contributed by atoms with E-state index in [1.807, 2.05) is 24.3 Å². The summed E-state index contributed by atoms with van der Waals surface area (Å²) in [4.78, 5) is 39.8. The van der Waals surface area contributed by atoms with Gasteiger partial charge >= 0.3 is 0 Å². The van der Waals surface area contributed by atoms with Crippen molar-refractivity contribution in [2.45, 2.75) is 26.2 Å². The number of carbonyl (C=O) groups is 3. The minimum atomic E-state index is -0.355. The summed E-state index contributed by atoms with van der Waals surface area (Å²) in [6.45, 7) is 3.38. The number of nitrogens with zero attached hydrogens (tertiary/aromatic N) is 2. The zero-order valence-electron chi connectivity index (χ0n) is 13.9. The molecule has 2 saturated heterocycles. The number of rotatable bonds is 4. The molecule has 0 aliphatic carbocycles. The van der Waals surface area contributed by atoms with Gasteiger partial charge in [0.2, 0.25) is 17.7 Å². The molecule has 3 amide bonds. The Bertz CT molecular complexity index is 673. The quantitative estimate of drug-likeness (QED) is 0.892. The van der Waals surface area contributed by atoms with Gasteiger partial charge in [0.1, 0.15) is 0 Å². The zero-order valence-corrected chi connectivity index (χ0v) is 13.9. The van der Waals surface area contributed by atoms with Gasteiger partial charge in [-0.15, -0.1) is 0 Å². The van der Waals surface area contributed by atoms with Crippen LogP contribution in [0.5, 0.6) is 0 Å². The largest absolute Gasteiger partial charge is 0.369 e. The molecule has 0 unspecified atom stereocenters. The maximum absolute atomic E-state index is 12.7. The Labute approximate surface area is 141 Å². The molecule has 0 saturated carbocycles. The number of benzene rings is 1. The Morgan fingerprint density at radius 2 is 1.96 bits per heavy atom. The van der Waals surface area contributed by atoms with Crippen molar-refractivity contribution in [1.82, 2.24) is 4.90 Å². The van der Waals surface area contributed by atoms with Gasteiger partial charge in [0, 0.05) is 31.7 Å². The molecule has 2 atom stereocenters. The van der Waals surface area contributed by atoms with Crippen molar-refractivity contribution in [2.75, 3.05) is 24.5 Å². The van der Waals surface area contributed by atoms with Crippen LogP contribution in [0, 0.1) is 11.8 Å². The predicted octanol–water partition coefficient (Wildman–Crippen LogP) is 0.936. The second kappa shape index (κ2) is 6.63. The SMILES string of the molecule is CCc1ccccc1N1C[C@@H](C(=O)N2CC[C@@H](C(N)=O)C2)CC1=O. The van der Waals surface area contributed by atoms with Crippen LogP contribution in [0.4, 0.5) is 5.69 Å². The number of hydrogen-bond acceptors (Lipinski definition) is 3. The van der Waals surface area contributed by atoms with Crippen LogP contribution in [0.1, 0.15) is 25.3 Å². The van der Waals surface area contributed by atoms with E-state index < -0.39 is 0 Å². The third-order valence-electron chi connectivity index (χ3n) is 5.04. The van der Waals surface area contributed by atoms with Gasteiger partial charge in [0.15, 0.2) is 0 Å². The van der Waals surface area contributed by atoms with Crippen molar-refractivity contribution in [3.05, 3.63) is 29.8 Å². The topological polar surface area (TPSA) is 83.7 Å². The number of likely N-dealkylation sites (tertiary alicyclic amines) is 1. The smallest absolute Gasteiger partial charge is 0.228 e. The van der Waals surface area contributed by atoms with E-state index in [0.29, 0.717) is 26.1 Å². The predicted molar refractivity (Wildman–Crippen MR) is 90.2 cm³/mol. The molecule has 2 aliphatic rings. The fraction of sp³-hybridized carbons (Fsp3) is 0.500. The molecular weight excluding hydrogens is 306 g/mol. The van der Waals surface area contributed by atoms with Crippen molar-refractivity contribution < 1.29 is 14.4 Å². The molecule has 2 fully saturated rings. The van der Waals surface area contributed by atoms with Gasteiger partial charge in [-0.05, 0) is 24.5 Å². The first kappa shape index (κ1) is 16.5. The number of hydrogen-bond donors (Lipinski definition) is 1. The molecule has 0 radical (unpaired) electrons. The molecular formula is C18H23N3O3. The number of amides is 3. The van der Waals surface area contributed by atoms with Gasteiger partial charge < -0.3 is 15.5 Å². The van der Waals surface area contributed by atoms with E-state index in [1.54, 1.807) is 9.80 Å². The third-order valence-corrected chi connectivity index (χ3v) is 5.04. The lowest BCUT2D eigenvalue weighted by Gasteiger charge is -2.22. The lowest BCUT2D eigenvalue weighted by Crippen LogP contribution is -2.37. The van der Waals surface area contributed by atoms with Crippen LogP contribution in [-0.2, 0) is 20.8 Å². The van der Waals surface area contributed by atoms with Crippen LogP contribution < -0.4 is 10.6 Å². The monoisotopic (exact) mass is 329 g/mol. The second-order valence-corrected chi connectivity index (χ2v) is 6.56. The van der Waals surface area contributed by atoms with Crippen LogP contribution in [0.3, 0.4) is 0 Å². The van der Waals surface area contributed by atoms with Crippen molar-refractivity contribution in [3.63, 3.8) is 0 Å². The molecule has 0 spiro atoms. The maximum Gasteiger partial charge on any atom is 0.228 e. The first-order chi connectivity index (χ1) is 11.5. The minimum absolute atomic E-state index is 0.0140. The normalized spacial score (nSPS) is 23.8. The lowest BCUT2D eigenvalue weighted by molar-refractivity contribution is -0.135. The number of anilines is 1. The van der Waals surface area contributed by atoms with Gasteiger partial charge in [-0.2, -0.15) is 0 Å². The highest BCUT2D eigenvalue weighted by Crippen LogP contribution is 2.30.